The highest BCUT2D eigenvalue weighted by Crippen LogP contribution is 2.16. The second-order valence-corrected chi connectivity index (χ2v) is 10.0. The molecule has 0 radical (unpaired) electrons. The van der Waals surface area contributed by atoms with Crippen LogP contribution in [-0.2, 0) is 0 Å². The molecule has 1 amide bonds. The van der Waals surface area contributed by atoms with Gasteiger partial charge < -0.3 is 10.2 Å². The fraction of sp³-hybridized carbons (Fsp3) is 0.516. The lowest BCUT2D eigenvalue weighted by atomic mass is 10.1. The number of rotatable bonds is 13. The highest BCUT2D eigenvalue weighted by molar-refractivity contribution is 6.30. The zero-order chi connectivity index (χ0) is 24.6. The molecule has 1 aliphatic rings. The Morgan fingerprint density at radius 2 is 1.37 bits per heavy atom. The van der Waals surface area contributed by atoms with Gasteiger partial charge in [0.1, 0.15) is 0 Å². The highest BCUT2D eigenvalue weighted by Gasteiger charge is 2.17. The summed E-state index contributed by atoms with van der Waals surface area (Å²) >= 11 is 5.89. The third kappa shape index (κ3) is 10.8. The minimum Gasteiger partial charge on any atom is -0.385 e. The van der Waals surface area contributed by atoms with Gasteiger partial charge in [0.25, 0.3) is 5.91 Å². The molecule has 3 nitrogen and oxygen atoms in total. The Morgan fingerprint density at radius 1 is 0.771 bits per heavy atom. The van der Waals surface area contributed by atoms with Gasteiger partial charge in [0.2, 0.25) is 0 Å². The quantitative estimate of drug-likeness (QED) is 0.225. The van der Waals surface area contributed by atoms with E-state index in [9.17, 15) is 4.79 Å². The van der Waals surface area contributed by atoms with Crippen LogP contribution in [-0.4, -0.2) is 30.4 Å². The first-order chi connectivity index (χ1) is 17.2. The van der Waals surface area contributed by atoms with Gasteiger partial charge in [-0.05, 0) is 80.6 Å². The molecule has 0 aliphatic carbocycles. The molecule has 0 atom stereocenters. The minimum absolute atomic E-state index is 0.180. The van der Waals surface area contributed by atoms with Crippen LogP contribution in [0.5, 0.6) is 0 Å². The molecule has 2 aromatic rings. The van der Waals surface area contributed by atoms with Gasteiger partial charge in [0.15, 0.2) is 0 Å². The molecule has 0 unspecified atom stereocenters. The maximum absolute atomic E-state index is 12.6. The van der Waals surface area contributed by atoms with Crippen molar-refractivity contribution in [1.82, 2.24) is 4.90 Å². The Labute approximate surface area is 217 Å². The van der Waals surface area contributed by atoms with Gasteiger partial charge in [-0.15, -0.1) is 0 Å². The number of unbranched alkanes of at least 4 members (excludes halogenated alkanes) is 9. The first kappa shape index (κ1) is 27.2. The van der Waals surface area contributed by atoms with Gasteiger partial charge in [0.05, 0.1) is 0 Å². The Kier molecular flexibility index (Phi) is 12.6. The number of amides is 1. The zero-order valence-corrected chi connectivity index (χ0v) is 21.9. The van der Waals surface area contributed by atoms with Gasteiger partial charge in [-0.25, -0.2) is 0 Å². The van der Waals surface area contributed by atoms with Gasteiger partial charge >= 0.3 is 0 Å². The molecule has 1 fully saturated rings. The van der Waals surface area contributed by atoms with Crippen molar-refractivity contribution < 1.29 is 4.79 Å². The smallest absolute Gasteiger partial charge is 0.253 e. The Hall–Kier alpha value is -2.44. The van der Waals surface area contributed by atoms with Gasteiger partial charge in [0, 0.05) is 47.9 Å². The van der Waals surface area contributed by atoms with E-state index in [1.807, 2.05) is 53.4 Å². The molecule has 1 heterocycles. The number of benzene rings is 2. The summed E-state index contributed by atoms with van der Waals surface area (Å²) in [7, 11) is 0. The number of piperidine rings is 1. The van der Waals surface area contributed by atoms with Crippen LogP contribution in [0.3, 0.4) is 0 Å². The highest BCUT2D eigenvalue weighted by atomic mass is 35.5. The molecular weight excluding hydrogens is 452 g/mol. The van der Waals surface area contributed by atoms with Crippen molar-refractivity contribution >= 4 is 23.2 Å². The number of likely N-dealkylation sites (tertiary alicyclic amines) is 1. The number of hydrogen-bond acceptors (Lipinski definition) is 2. The fourth-order valence-electron chi connectivity index (χ4n) is 4.52. The van der Waals surface area contributed by atoms with Crippen LogP contribution in [0.1, 0.15) is 99.4 Å². The van der Waals surface area contributed by atoms with Crippen LogP contribution in [0, 0.1) is 11.8 Å². The van der Waals surface area contributed by atoms with Crippen molar-refractivity contribution in [3.63, 3.8) is 0 Å². The van der Waals surface area contributed by atoms with E-state index < -0.39 is 0 Å². The lowest BCUT2D eigenvalue weighted by Gasteiger charge is -2.26. The van der Waals surface area contributed by atoms with E-state index in [1.54, 1.807) is 0 Å². The molecule has 2 aromatic carbocycles. The first-order valence-electron chi connectivity index (χ1n) is 13.6. The van der Waals surface area contributed by atoms with Crippen molar-refractivity contribution in [2.45, 2.75) is 83.5 Å². The van der Waals surface area contributed by atoms with Crippen molar-refractivity contribution in [3.8, 4) is 11.8 Å². The number of halogens is 1. The number of nitrogens with zero attached hydrogens (tertiary/aromatic N) is 1. The minimum atomic E-state index is 0.180. The van der Waals surface area contributed by atoms with E-state index in [0.717, 1.165) is 60.7 Å². The Bertz CT molecular complexity index is 921. The molecule has 35 heavy (non-hydrogen) atoms. The summed E-state index contributed by atoms with van der Waals surface area (Å²) in [6.07, 6.45) is 16.1. The summed E-state index contributed by atoms with van der Waals surface area (Å²) in [4.78, 5) is 14.5. The Balaban J connectivity index is 1.13. The average Bonchev–Trinajstić information content (AvgIpc) is 2.90. The van der Waals surface area contributed by atoms with E-state index in [2.05, 4.69) is 17.2 Å². The SMILES string of the molecule is O=C(c1ccc(NCCCCCCCCCCCC#Cc2ccc(Cl)cc2)cc1)N1CCCCC1. The lowest BCUT2D eigenvalue weighted by Crippen LogP contribution is -2.35. The molecular formula is C31H41ClN2O. The summed E-state index contributed by atoms with van der Waals surface area (Å²) in [5.41, 5.74) is 2.96. The summed E-state index contributed by atoms with van der Waals surface area (Å²) in [5, 5.41) is 4.26. The summed E-state index contributed by atoms with van der Waals surface area (Å²) in [5.74, 6) is 6.66. The van der Waals surface area contributed by atoms with Crippen molar-refractivity contribution in [3.05, 3.63) is 64.7 Å². The van der Waals surface area contributed by atoms with Crippen LogP contribution in [0.15, 0.2) is 48.5 Å². The standard InChI is InChI=1S/C31H41ClN2O/c32-29-20-16-27(17-21-29)15-11-8-6-4-2-1-3-5-7-9-12-24-33-30-22-18-28(19-23-30)31(35)34-25-13-10-14-26-34/h16-23,33H,1-10,12-14,24-26H2. The molecule has 0 bridgehead atoms. The molecule has 1 N–H and O–H groups in total. The van der Waals surface area contributed by atoms with Gasteiger partial charge in [-0.3, -0.25) is 4.79 Å². The molecule has 0 spiro atoms. The predicted molar refractivity (Wildman–Crippen MR) is 149 cm³/mol. The van der Waals surface area contributed by atoms with E-state index in [4.69, 9.17) is 11.6 Å². The molecule has 4 heteroatoms. The molecule has 0 aromatic heterocycles. The Morgan fingerprint density at radius 3 is 2.03 bits per heavy atom. The average molecular weight is 493 g/mol. The number of carbonyl (C=O) groups is 1. The largest absolute Gasteiger partial charge is 0.385 e. The van der Waals surface area contributed by atoms with E-state index in [-0.39, 0.29) is 5.91 Å². The third-order valence-electron chi connectivity index (χ3n) is 6.66. The van der Waals surface area contributed by atoms with Crippen molar-refractivity contribution in [2.24, 2.45) is 0 Å². The van der Waals surface area contributed by atoms with Crippen molar-refractivity contribution in [2.75, 3.05) is 25.0 Å². The van der Waals surface area contributed by atoms with Crippen LogP contribution >= 0.6 is 11.6 Å². The predicted octanol–water partition coefficient (Wildman–Crippen LogP) is 8.33. The number of nitrogens with one attached hydrogen (secondary N) is 1. The van der Waals surface area contributed by atoms with Crippen LogP contribution in [0.25, 0.3) is 0 Å². The first-order valence-corrected chi connectivity index (χ1v) is 14.0. The second-order valence-electron chi connectivity index (χ2n) is 9.60. The van der Waals surface area contributed by atoms with Gasteiger partial charge in [-0.2, -0.15) is 0 Å². The van der Waals surface area contributed by atoms with E-state index in [0.29, 0.717) is 0 Å². The van der Waals surface area contributed by atoms with E-state index >= 15 is 0 Å². The van der Waals surface area contributed by atoms with Crippen LogP contribution < -0.4 is 5.32 Å². The molecule has 188 valence electrons. The second kappa shape index (κ2) is 16.3. The topological polar surface area (TPSA) is 32.3 Å². The fourth-order valence-corrected chi connectivity index (χ4v) is 4.64. The molecule has 0 saturated carbocycles. The number of hydrogen-bond donors (Lipinski definition) is 1. The molecule has 3 rings (SSSR count). The zero-order valence-electron chi connectivity index (χ0n) is 21.2. The van der Waals surface area contributed by atoms with Crippen molar-refractivity contribution in [1.29, 1.82) is 0 Å². The number of anilines is 1. The normalized spacial score (nSPS) is 13.2. The molecule has 1 aliphatic heterocycles. The van der Waals surface area contributed by atoms with Crippen LogP contribution in [0.4, 0.5) is 5.69 Å². The summed E-state index contributed by atoms with van der Waals surface area (Å²) in [6, 6.07) is 15.7. The third-order valence-corrected chi connectivity index (χ3v) is 6.91. The maximum atomic E-state index is 12.6. The van der Waals surface area contributed by atoms with E-state index in [1.165, 1.54) is 64.2 Å². The monoisotopic (exact) mass is 492 g/mol. The summed E-state index contributed by atoms with van der Waals surface area (Å²) < 4.78 is 0. The van der Waals surface area contributed by atoms with Gasteiger partial charge in [-0.1, -0.05) is 68.4 Å². The lowest BCUT2D eigenvalue weighted by molar-refractivity contribution is 0.0724. The summed E-state index contributed by atoms with van der Waals surface area (Å²) in [6.45, 7) is 2.80. The maximum Gasteiger partial charge on any atom is 0.253 e. The molecule has 1 saturated heterocycles. The number of carbonyl (C=O) groups excluding carboxylic acids is 1. The van der Waals surface area contributed by atoms with Crippen LogP contribution in [0.2, 0.25) is 5.02 Å².